The Hall–Kier alpha value is -3.62. The number of pyridine rings is 1. The highest BCUT2D eigenvalue weighted by molar-refractivity contribution is 5.90. The third kappa shape index (κ3) is 3.26. The summed E-state index contributed by atoms with van der Waals surface area (Å²) in [6.45, 7) is 4.98. The molecule has 1 N–H and O–H groups in total. The van der Waals surface area contributed by atoms with E-state index in [1.54, 1.807) is 17.4 Å². The van der Waals surface area contributed by atoms with E-state index in [4.69, 9.17) is 4.42 Å². The van der Waals surface area contributed by atoms with Crippen LogP contribution < -0.4 is 0 Å². The van der Waals surface area contributed by atoms with Crippen LogP contribution >= 0.6 is 0 Å². The fourth-order valence-corrected chi connectivity index (χ4v) is 4.00. The number of nitrogens with zero attached hydrogens (tertiary/aromatic N) is 5. The lowest BCUT2D eigenvalue weighted by Crippen LogP contribution is -2.42. The highest BCUT2D eigenvalue weighted by Gasteiger charge is 2.40. The Morgan fingerprint density at radius 3 is 2.74 bits per heavy atom. The monoisotopic (exact) mass is 420 g/mol. The molecule has 1 aliphatic heterocycles. The maximum absolute atomic E-state index is 14.2. The predicted molar refractivity (Wildman–Crippen MR) is 110 cm³/mol. The van der Waals surface area contributed by atoms with E-state index in [0.29, 0.717) is 12.2 Å². The average molecular weight is 420 g/mol. The van der Waals surface area contributed by atoms with Gasteiger partial charge in [0.15, 0.2) is 5.67 Å². The summed E-state index contributed by atoms with van der Waals surface area (Å²) in [5.41, 5.74) is 0.534. The number of aromatic nitrogens is 5. The van der Waals surface area contributed by atoms with Crippen molar-refractivity contribution in [2.75, 3.05) is 6.54 Å². The van der Waals surface area contributed by atoms with Gasteiger partial charge in [-0.2, -0.15) is 0 Å². The molecule has 8 nitrogen and oxygen atoms in total. The van der Waals surface area contributed by atoms with Gasteiger partial charge in [0.1, 0.15) is 6.04 Å². The molecule has 9 heteroatoms. The van der Waals surface area contributed by atoms with E-state index in [0.717, 1.165) is 22.2 Å². The van der Waals surface area contributed by atoms with E-state index in [2.05, 4.69) is 25.1 Å². The normalized spacial score (nSPS) is 18.9. The Morgan fingerprint density at radius 1 is 1.23 bits per heavy atom. The van der Waals surface area contributed by atoms with Gasteiger partial charge in [0.2, 0.25) is 0 Å². The number of imidazole rings is 1. The molecule has 1 amide bonds. The van der Waals surface area contributed by atoms with Crippen molar-refractivity contribution in [3.8, 4) is 0 Å². The van der Waals surface area contributed by atoms with Crippen molar-refractivity contribution in [2.45, 2.75) is 38.4 Å². The number of benzene rings is 1. The summed E-state index contributed by atoms with van der Waals surface area (Å²) >= 11 is 0. The third-order valence-electron chi connectivity index (χ3n) is 5.53. The van der Waals surface area contributed by atoms with Crippen LogP contribution in [0.25, 0.3) is 10.8 Å². The zero-order chi connectivity index (χ0) is 21.8. The van der Waals surface area contributed by atoms with Crippen LogP contribution in [-0.2, 0) is 5.67 Å². The zero-order valence-corrected chi connectivity index (χ0v) is 17.3. The van der Waals surface area contributed by atoms with Crippen LogP contribution in [0, 0.1) is 0 Å². The first kappa shape index (κ1) is 19.3. The summed E-state index contributed by atoms with van der Waals surface area (Å²) < 4.78 is 19.6. The molecule has 0 saturated heterocycles. The molecular weight excluding hydrogens is 399 g/mol. The molecule has 158 valence electrons. The largest absolute Gasteiger partial charge is 0.413 e. The van der Waals surface area contributed by atoms with E-state index in [1.807, 2.05) is 37.3 Å². The number of carbonyl (C=O) groups is 1. The molecule has 0 radical (unpaired) electrons. The van der Waals surface area contributed by atoms with Gasteiger partial charge in [-0.25, -0.2) is 9.37 Å². The van der Waals surface area contributed by atoms with Gasteiger partial charge in [0.25, 0.3) is 5.89 Å². The van der Waals surface area contributed by atoms with Gasteiger partial charge in [-0.1, -0.05) is 31.2 Å². The van der Waals surface area contributed by atoms with Gasteiger partial charge in [-0.3, -0.25) is 9.78 Å². The number of carbonyl (C=O) groups excluding carboxylic acids is 1. The number of aromatic amines is 1. The Morgan fingerprint density at radius 2 is 2.00 bits per heavy atom. The van der Waals surface area contributed by atoms with Crippen molar-refractivity contribution >= 4 is 16.7 Å². The van der Waals surface area contributed by atoms with Crippen LogP contribution in [0.5, 0.6) is 0 Å². The van der Waals surface area contributed by atoms with Crippen molar-refractivity contribution in [3.63, 3.8) is 0 Å². The second-order valence-electron chi connectivity index (χ2n) is 8.30. The van der Waals surface area contributed by atoms with E-state index in [1.165, 1.54) is 13.8 Å². The summed E-state index contributed by atoms with van der Waals surface area (Å²) in [5, 5.41) is 9.55. The average Bonchev–Trinajstić information content (AvgIpc) is 3.43. The molecule has 0 spiro atoms. The second kappa shape index (κ2) is 6.97. The van der Waals surface area contributed by atoms with E-state index >= 15 is 0 Å². The lowest BCUT2D eigenvalue weighted by atomic mass is 9.92. The molecular formula is C22H21FN6O2. The highest BCUT2D eigenvalue weighted by Crippen LogP contribution is 2.38. The Labute approximate surface area is 177 Å². The smallest absolute Gasteiger partial charge is 0.312 e. The molecule has 0 fully saturated rings. The molecule has 1 aromatic carbocycles. The first-order chi connectivity index (χ1) is 14.8. The lowest BCUT2D eigenvalue weighted by molar-refractivity contribution is 0.0619. The topological polar surface area (TPSA) is 101 Å². The molecule has 0 saturated carbocycles. The van der Waals surface area contributed by atoms with Crippen molar-refractivity contribution in [1.29, 1.82) is 0 Å². The molecule has 0 bridgehead atoms. The number of nitrogens with one attached hydrogen (secondary N) is 1. The quantitative estimate of drug-likeness (QED) is 0.540. The molecule has 0 unspecified atom stereocenters. The van der Waals surface area contributed by atoms with Gasteiger partial charge in [0.05, 0.1) is 23.4 Å². The number of hydrogen-bond donors (Lipinski definition) is 1. The van der Waals surface area contributed by atoms with Crippen molar-refractivity contribution in [3.05, 3.63) is 71.7 Å². The van der Waals surface area contributed by atoms with Gasteiger partial charge >= 0.3 is 11.8 Å². The van der Waals surface area contributed by atoms with Gasteiger partial charge in [-0.15, -0.1) is 10.2 Å². The zero-order valence-electron chi connectivity index (χ0n) is 17.3. The van der Waals surface area contributed by atoms with E-state index < -0.39 is 17.6 Å². The first-order valence-electron chi connectivity index (χ1n) is 10.0. The maximum Gasteiger partial charge on any atom is 0.312 e. The number of H-pyrrole nitrogens is 1. The summed E-state index contributed by atoms with van der Waals surface area (Å²) in [6.07, 6.45) is 3.41. The van der Waals surface area contributed by atoms with E-state index in [9.17, 15) is 9.18 Å². The number of rotatable bonds is 3. The summed E-state index contributed by atoms with van der Waals surface area (Å²) in [6, 6.07) is 9.34. The summed E-state index contributed by atoms with van der Waals surface area (Å²) in [7, 11) is 0. The molecule has 4 heterocycles. The fourth-order valence-electron chi connectivity index (χ4n) is 4.00. The molecule has 1 aliphatic rings. The minimum atomic E-state index is -1.84. The third-order valence-corrected chi connectivity index (χ3v) is 5.53. The first-order valence-corrected chi connectivity index (χ1v) is 10.0. The lowest BCUT2D eigenvalue weighted by Gasteiger charge is -2.36. The van der Waals surface area contributed by atoms with Gasteiger partial charge < -0.3 is 14.3 Å². The van der Waals surface area contributed by atoms with Crippen LogP contribution in [0.1, 0.15) is 66.4 Å². The molecule has 0 aliphatic carbocycles. The maximum atomic E-state index is 14.2. The van der Waals surface area contributed by atoms with Crippen LogP contribution in [0.2, 0.25) is 0 Å². The summed E-state index contributed by atoms with van der Waals surface area (Å²) in [4.78, 5) is 27.3. The van der Waals surface area contributed by atoms with Crippen LogP contribution in [0.3, 0.4) is 0 Å². The molecule has 5 rings (SSSR count). The van der Waals surface area contributed by atoms with Crippen molar-refractivity contribution < 1.29 is 13.6 Å². The Bertz CT molecular complexity index is 1270. The Kier molecular flexibility index (Phi) is 4.35. The molecule has 3 aromatic heterocycles. The minimum Gasteiger partial charge on any atom is -0.413 e. The van der Waals surface area contributed by atoms with Crippen LogP contribution in [-0.4, -0.2) is 42.5 Å². The molecule has 4 aromatic rings. The van der Waals surface area contributed by atoms with Crippen LogP contribution in [0.15, 0.2) is 47.3 Å². The number of halogens is 1. The van der Waals surface area contributed by atoms with Gasteiger partial charge in [-0.05, 0) is 25.3 Å². The minimum absolute atomic E-state index is 0.0121. The number of alkyl halides is 1. The number of amides is 1. The standard InChI is InChI=1S/C22H21FN6O2/c1-12-10-29(20(30)19-27-28-21(31-19)22(2,3)23)18(17-16(12)25-11-26-17)15-8-13-6-4-5-7-14(13)9-24-15/h4-9,11-12,18H,10H2,1-3H3,(H,25,26)/t12-,18+/m0/s1. The Balaban J connectivity index is 1.60. The molecule has 31 heavy (non-hydrogen) atoms. The molecule has 2 atom stereocenters. The fraction of sp³-hybridized carbons (Fsp3) is 0.318. The van der Waals surface area contributed by atoms with Crippen LogP contribution in [0.4, 0.5) is 4.39 Å². The highest BCUT2D eigenvalue weighted by atomic mass is 19.1. The SMILES string of the molecule is C[C@H]1CN(C(=O)c2nnc(C(C)(C)F)o2)[C@H](c2cc3ccccc3cn2)c2[nH]cnc21. The number of hydrogen-bond acceptors (Lipinski definition) is 6. The van der Waals surface area contributed by atoms with E-state index in [-0.39, 0.29) is 17.7 Å². The predicted octanol–water partition coefficient (Wildman–Crippen LogP) is 3.89. The van der Waals surface area contributed by atoms with Gasteiger partial charge in [0, 0.05) is 24.0 Å². The number of fused-ring (bicyclic) bond motifs is 2. The van der Waals surface area contributed by atoms with Crippen molar-refractivity contribution in [1.82, 2.24) is 30.0 Å². The van der Waals surface area contributed by atoms with Crippen molar-refractivity contribution in [2.24, 2.45) is 0 Å². The second-order valence-corrected chi connectivity index (χ2v) is 8.30. The summed E-state index contributed by atoms with van der Waals surface area (Å²) in [5.74, 6) is -0.970.